The van der Waals surface area contributed by atoms with Crippen LogP contribution in [0.1, 0.15) is 48.0 Å². The molecule has 1 amide bonds. The van der Waals surface area contributed by atoms with Crippen LogP contribution in [0.15, 0.2) is 42.2 Å². The van der Waals surface area contributed by atoms with Crippen molar-refractivity contribution in [1.29, 1.82) is 0 Å². The number of rotatable bonds is 6. The maximum atomic E-state index is 12.2. The molecule has 0 fully saturated rings. The average molecular weight is 371 g/mol. The summed E-state index contributed by atoms with van der Waals surface area (Å²) in [5, 5.41) is 6.75. The Hall–Kier alpha value is -2.40. The molecular weight excluding hydrogens is 348 g/mol. The van der Waals surface area contributed by atoms with Crippen molar-refractivity contribution in [2.75, 3.05) is 11.9 Å². The Kier molecular flexibility index (Phi) is 6.23. The molecule has 5 nitrogen and oxygen atoms in total. The molecule has 26 heavy (non-hydrogen) atoms. The van der Waals surface area contributed by atoms with Crippen LogP contribution in [0.5, 0.6) is 0 Å². The van der Waals surface area contributed by atoms with Gasteiger partial charge < -0.3 is 10.6 Å². The third-order valence-electron chi connectivity index (χ3n) is 4.47. The lowest BCUT2D eigenvalue weighted by Crippen LogP contribution is -2.25. The first-order valence-corrected chi connectivity index (χ1v) is 9.31. The average Bonchev–Trinajstić information content (AvgIpc) is 2.65. The molecule has 3 rings (SSSR count). The van der Waals surface area contributed by atoms with Gasteiger partial charge >= 0.3 is 0 Å². The molecule has 136 valence electrons. The largest absolute Gasteiger partial charge is 0.352 e. The van der Waals surface area contributed by atoms with Gasteiger partial charge in [-0.2, -0.15) is 0 Å². The third kappa shape index (κ3) is 5.05. The lowest BCUT2D eigenvalue weighted by molar-refractivity contribution is 0.0953. The SMILES string of the molecule is Cc1cc(Cl)ccc1Nc1ncc(C(=O)NCCC2=CCCCC2)cn1. The van der Waals surface area contributed by atoms with E-state index in [1.54, 1.807) is 6.07 Å². The van der Waals surface area contributed by atoms with Gasteiger partial charge in [0.1, 0.15) is 0 Å². The van der Waals surface area contributed by atoms with Crippen molar-refractivity contribution in [2.24, 2.45) is 0 Å². The second-order valence-corrected chi connectivity index (χ2v) is 6.93. The Morgan fingerprint density at radius 1 is 1.23 bits per heavy atom. The number of carbonyl (C=O) groups excluding carboxylic acids is 1. The second kappa shape index (κ2) is 8.81. The quantitative estimate of drug-likeness (QED) is 0.716. The normalized spacial score (nSPS) is 13.8. The van der Waals surface area contributed by atoms with Crippen LogP contribution in [0.3, 0.4) is 0 Å². The van der Waals surface area contributed by atoms with Crippen LogP contribution in [-0.4, -0.2) is 22.4 Å². The Morgan fingerprint density at radius 3 is 2.73 bits per heavy atom. The number of carbonyl (C=O) groups is 1. The molecule has 1 aliphatic rings. The smallest absolute Gasteiger partial charge is 0.254 e. The zero-order valence-electron chi connectivity index (χ0n) is 14.9. The van der Waals surface area contributed by atoms with Gasteiger partial charge in [0.25, 0.3) is 5.91 Å². The number of benzene rings is 1. The summed E-state index contributed by atoms with van der Waals surface area (Å²) < 4.78 is 0. The molecule has 0 saturated carbocycles. The first-order chi connectivity index (χ1) is 12.6. The summed E-state index contributed by atoms with van der Waals surface area (Å²) in [7, 11) is 0. The van der Waals surface area contributed by atoms with Crippen molar-refractivity contribution in [2.45, 2.75) is 39.0 Å². The number of nitrogens with one attached hydrogen (secondary N) is 2. The fraction of sp³-hybridized carbons (Fsp3) is 0.350. The van der Waals surface area contributed by atoms with Crippen molar-refractivity contribution in [3.8, 4) is 0 Å². The molecule has 1 aromatic carbocycles. The maximum Gasteiger partial charge on any atom is 0.254 e. The highest BCUT2D eigenvalue weighted by atomic mass is 35.5. The number of hydrogen-bond donors (Lipinski definition) is 2. The van der Waals surface area contributed by atoms with E-state index in [1.807, 2.05) is 19.1 Å². The van der Waals surface area contributed by atoms with Crippen LogP contribution in [0, 0.1) is 6.92 Å². The molecule has 0 atom stereocenters. The summed E-state index contributed by atoms with van der Waals surface area (Å²) in [4.78, 5) is 20.7. The van der Waals surface area contributed by atoms with Crippen LogP contribution in [-0.2, 0) is 0 Å². The highest BCUT2D eigenvalue weighted by molar-refractivity contribution is 6.30. The fourth-order valence-corrected chi connectivity index (χ4v) is 3.19. The first-order valence-electron chi connectivity index (χ1n) is 8.93. The number of aryl methyl sites for hydroxylation is 1. The van der Waals surface area contributed by atoms with E-state index in [2.05, 4.69) is 26.7 Å². The molecule has 0 aliphatic heterocycles. The van der Waals surface area contributed by atoms with Crippen molar-refractivity contribution >= 4 is 29.1 Å². The van der Waals surface area contributed by atoms with Gasteiger partial charge in [-0.3, -0.25) is 4.79 Å². The zero-order chi connectivity index (χ0) is 18.4. The Labute approximate surface area is 158 Å². The van der Waals surface area contributed by atoms with Gasteiger partial charge in [-0.1, -0.05) is 23.3 Å². The van der Waals surface area contributed by atoms with E-state index < -0.39 is 0 Å². The number of nitrogens with zero attached hydrogens (tertiary/aromatic N) is 2. The van der Waals surface area contributed by atoms with Gasteiger partial charge in [-0.05, 0) is 62.8 Å². The zero-order valence-corrected chi connectivity index (χ0v) is 15.6. The van der Waals surface area contributed by atoms with E-state index in [-0.39, 0.29) is 5.91 Å². The monoisotopic (exact) mass is 370 g/mol. The molecule has 1 aliphatic carbocycles. The summed E-state index contributed by atoms with van der Waals surface area (Å²) in [6, 6.07) is 5.55. The Morgan fingerprint density at radius 2 is 2.04 bits per heavy atom. The first kappa shape index (κ1) is 18.4. The maximum absolute atomic E-state index is 12.2. The predicted octanol–water partition coefficient (Wildman–Crippen LogP) is 4.80. The molecule has 2 aromatic rings. The van der Waals surface area contributed by atoms with Gasteiger partial charge in [0.2, 0.25) is 5.95 Å². The summed E-state index contributed by atoms with van der Waals surface area (Å²) in [6.07, 6.45) is 11.2. The highest BCUT2D eigenvalue weighted by Gasteiger charge is 2.09. The third-order valence-corrected chi connectivity index (χ3v) is 4.70. The number of hydrogen-bond acceptors (Lipinski definition) is 4. The van der Waals surface area contributed by atoms with Crippen molar-refractivity contribution in [3.63, 3.8) is 0 Å². The van der Waals surface area contributed by atoms with Crippen LogP contribution in [0.4, 0.5) is 11.6 Å². The van der Waals surface area contributed by atoms with Crippen molar-refractivity contribution in [1.82, 2.24) is 15.3 Å². The number of aromatic nitrogens is 2. The van der Waals surface area contributed by atoms with E-state index >= 15 is 0 Å². The minimum Gasteiger partial charge on any atom is -0.352 e. The molecule has 0 bridgehead atoms. The van der Waals surface area contributed by atoms with E-state index in [9.17, 15) is 4.79 Å². The Bertz CT molecular complexity index is 802. The van der Waals surface area contributed by atoms with Gasteiger partial charge in [0, 0.05) is 29.6 Å². The molecule has 1 aromatic heterocycles. The molecule has 0 saturated heterocycles. The molecule has 0 unspecified atom stereocenters. The van der Waals surface area contributed by atoms with Crippen molar-refractivity contribution < 1.29 is 4.79 Å². The summed E-state index contributed by atoms with van der Waals surface area (Å²) >= 11 is 5.96. The van der Waals surface area contributed by atoms with Crippen LogP contribution < -0.4 is 10.6 Å². The van der Waals surface area contributed by atoms with E-state index in [0.717, 1.165) is 24.1 Å². The number of anilines is 2. The number of amides is 1. The highest BCUT2D eigenvalue weighted by Crippen LogP contribution is 2.22. The standard InChI is InChI=1S/C20H23ClN4O/c1-14-11-17(21)7-8-18(14)25-20-23-12-16(13-24-20)19(26)22-10-9-15-5-3-2-4-6-15/h5,7-8,11-13H,2-4,6,9-10H2,1H3,(H,22,26)(H,23,24,25). The van der Waals surface area contributed by atoms with Gasteiger partial charge in [-0.15, -0.1) is 0 Å². The van der Waals surface area contributed by atoms with Crippen LogP contribution >= 0.6 is 11.6 Å². The molecule has 2 N–H and O–H groups in total. The molecule has 1 heterocycles. The van der Waals surface area contributed by atoms with E-state index in [4.69, 9.17) is 11.6 Å². The number of halogens is 1. The lowest BCUT2D eigenvalue weighted by Gasteiger charge is -2.13. The van der Waals surface area contributed by atoms with Gasteiger partial charge in [-0.25, -0.2) is 9.97 Å². The second-order valence-electron chi connectivity index (χ2n) is 6.49. The van der Waals surface area contributed by atoms with E-state index in [1.165, 1.54) is 37.2 Å². The van der Waals surface area contributed by atoms with Crippen LogP contribution in [0.25, 0.3) is 0 Å². The molecule has 0 spiro atoms. The molecule has 0 radical (unpaired) electrons. The minimum atomic E-state index is -0.143. The van der Waals surface area contributed by atoms with Gasteiger partial charge in [0.05, 0.1) is 5.56 Å². The molecular formula is C20H23ClN4O. The van der Waals surface area contributed by atoms with Crippen LogP contribution in [0.2, 0.25) is 5.02 Å². The van der Waals surface area contributed by atoms with E-state index in [0.29, 0.717) is 23.1 Å². The summed E-state index contributed by atoms with van der Waals surface area (Å²) in [5.41, 5.74) is 3.79. The van der Waals surface area contributed by atoms with Gasteiger partial charge in [0.15, 0.2) is 0 Å². The molecule has 6 heteroatoms. The Balaban J connectivity index is 1.53. The number of allylic oxidation sites excluding steroid dienone is 1. The fourth-order valence-electron chi connectivity index (χ4n) is 2.97. The predicted molar refractivity (Wildman–Crippen MR) is 105 cm³/mol. The van der Waals surface area contributed by atoms with Crippen molar-refractivity contribution in [3.05, 3.63) is 58.4 Å². The topological polar surface area (TPSA) is 66.9 Å². The summed E-state index contributed by atoms with van der Waals surface area (Å²) in [6.45, 7) is 2.60. The summed E-state index contributed by atoms with van der Waals surface area (Å²) in [5.74, 6) is 0.301. The lowest BCUT2D eigenvalue weighted by atomic mass is 9.97. The minimum absolute atomic E-state index is 0.143.